The molecule has 1 aromatic rings. The van der Waals surface area contributed by atoms with E-state index in [0.717, 1.165) is 18.5 Å². The number of thioether (sulfide) groups is 1. The summed E-state index contributed by atoms with van der Waals surface area (Å²) in [6, 6.07) is 3.76. The van der Waals surface area contributed by atoms with Crippen molar-refractivity contribution in [2.45, 2.75) is 43.9 Å². The number of aromatic nitrogens is 1. The van der Waals surface area contributed by atoms with E-state index >= 15 is 0 Å². The van der Waals surface area contributed by atoms with Crippen molar-refractivity contribution in [1.29, 1.82) is 0 Å². The fraction of sp³-hybridized carbons (Fsp3) is 0.571. The zero-order valence-corrected chi connectivity index (χ0v) is 12.3. The minimum absolute atomic E-state index is 0.0326. The fourth-order valence-electron chi connectivity index (χ4n) is 2.55. The summed E-state index contributed by atoms with van der Waals surface area (Å²) in [6.45, 7) is 2.00. The van der Waals surface area contributed by atoms with Crippen molar-refractivity contribution < 1.29 is 4.79 Å². The van der Waals surface area contributed by atoms with Crippen LogP contribution in [0.15, 0.2) is 12.1 Å². The van der Waals surface area contributed by atoms with Crippen LogP contribution >= 0.6 is 11.8 Å². The van der Waals surface area contributed by atoms with E-state index in [1.165, 1.54) is 12.8 Å². The molecule has 3 N–H and O–H groups in total. The molecule has 2 unspecified atom stereocenters. The first-order valence-electron chi connectivity index (χ1n) is 6.74. The van der Waals surface area contributed by atoms with E-state index in [1.807, 2.05) is 24.8 Å². The standard InChI is InChI=1S/C14H21N3OS/c1-3-10-7-9(8-13(15)16-10)14(18)17-11-5-4-6-12(11)19-2/h7-8,11-12H,3-6H2,1-2H3,(H2,15,16)(H,17,18). The summed E-state index contributed by atoms with van der Waals surface area (Å²) in [4.78, 5) is 16.5. The summed E-state index contributed by atoms with van der Waals surface area (Å²) in [5.41, 5.74) is 7.22. The SMILES string of the molecule is CCc1cc(C(=O)NC2CCCC2SC)cc(N)n1. The van der Waals surface area contributed by atoms with Gasteiger partial charge in [0.1, 0.15) is 5.82 Å². The second kappa shape index (κ2) is 6.28. The van der Waals surface area contributed by atoms with Gasteiger partial charge in [0.2, 0.25) is 0 Å². The molecular weight excluding hydrogens is 258 g/mol. The Labute approximate surface area is 118 Å². The van der Waals surface area contributed by atoms with Crippen LogP contribution in [0.5, 0.6) is 0 Å². The first-order chi connectivity index (χ1) is 9.13. The number of anilines is 1. The number of nitrogens with zero attached hydrogens (tertiary/aromatic N) is 1. The lowest BCUT2D eigenvalue weighted by Gasteiger charge is -2.19. The Balaban J connectivity index is 2.09. The van der Waals surface area contributed by atoms with E-state index in [0.29, 0.717) is 16.6 Å². The first kappa shape index (κ1) is 14.2. The second-order valence-electron chi connectivity index (χ2n) is 4.91. The predicted molar refractivity (Wildman–Crippen MR) is 80.4 cm³/mol. The second-order valence-corrected chi connectivity index (χ2v) is 5.99. The molecule has 5 heteroatoms. The molecule has 2 rings (SSSR count). The lowest BCUT2D eigenvalue weighted by atomic mass is 10.1. The molecular formula is C14H21N3OS. The molecule has 0 radical (unpaired) electrons. The van der Waals surface area contributed by atoms with Gasteiger partial charge in [0.25, 0.3) is 5.91 Å². The van der Waals surface area contributed by atoms with Crippen LogP contribution in [0.2, 0.25) is 0 Å². The Bertz CT molecular complexity index is 464. The Morgan fingerprint density at radius 1 is 1.53 bits per heavy atom. The molecule has 1 amide bonds. The molecule has 0 saturated heterocycles. The molecule has 0 bridgehead atoms. The van der Waals surface area contributed by atoms with Crippen LogP contribution in [0.3, 0.4) is 0 Å². The monoisotopic (exact) mass is 279 g/mol. The zero-order valence-electron chi connectivity index (χ0n) is 11.5. The number of aryl methyl sites for hydroxylation is 1. The Hall–Kier alpha value is -1.23. The van der Waals surface area contributed by atoms with Gasteiger partial charge in [-0.3, -0.25) is 4.79 Å². The van der Waals surface area contributed by atoms with Crippen LogP contribution in [0.25, 0.3) is 0 Å². The third kappa shape index (κ3) is 3.41. The van der Waals surface area contributed by atoms with Gasteiger partial charge >= 0.3 is 0 Å². The van der Waals surface area contributed by atoms with E-state index < -0.39 is 0 Å². The predicted octanol–water partition coefficient (Wildman–Crippen LogP) is 2.24. The molecule has 0 spiro atoms. The van der Waals surface area contributed by atoms with Gasteiger partial charge in [-0.1, -0.05) is 13.3 Å². The van der Waals surface area contributed by atoms with Crippen molar-refractivity contribution in [2.75, 3.05) is 12.0 Å². The highest BCUT2D eigenvalue weighted by atomic mass is 32.2. The molecule has 1 aliphatic rings. The van der Waals surface area contributed by atoms with E-state index in [-0.39, 0.29) is 11.9 Å². The Morgan fingerprint density at radius 2 is 2.32 bits per heavy atom. The number of rotatable bonds is 4. The molecule has 1 aliphatic carbocycles. The van der Waals surface area contributed by atoms with Crippen LogP contribution in [0, 0.1) is 0 Å². The number of hydrogen-bond donors (Lipinski definition) is 2. The highest BCUT2D eigenvalue weighted by molar-refractivity contribution is 7.99. The lowest BCUT2D eigenvalue weighted by Crippen LogP contribution is -2.38. The third-order valence-corrected chi connectivity index (χ3v) is 4.76. The molecule has 1 fully saturated rings. The third-order valence-electron chi connectivity index (χ3n) is 3.59. The maximum atomic E-state index is 12.3. The fourth-order valence-corrected chi connectivity index (χ4v) is 3.48. The van der Waals surface area contributed by atoms with Crippen LogP contribution < -0.4 is 11.1 Å². The Kier molecular flexibility index (Phi) is 4.69. The summed E-state index contributed by atoms with van der Waals surface area (Å²) in [6.07, 6.45) is 6.33. The van der Waals surface area contributed by atoms with Crippen molar-refractivity contribution >= 4 is 23.5 Å². The topological polar surface area (TPSA) is 68.0 Å². The molecule has 4 nitrogen and oxygen atoms in total. The van der Waals surface area contributed by atoms with Crippen molar-refractivity contribution in [3.63, 3.8) is 0 Å². The van der Waals surface area contributed by atoms with Crippen molar-refractivity contribution in [2.24, 2.45) is 0 Å². The average Bonchev–Trinajstić information content (AvgIpc) is 2.85. The van der Waals surface area contributed by atoms with E-state index in [1.54, 1.807) is 6.07 Å². The quantitative estimate of drug-likeness (QED) is 0.887. The highest BCUT2D eigenvalue weighted by Crippen LogP contribution is 2.28. The lowest BCUT2D eigenvalue weighted by molar-refractivity contribution is 0.0938. The van der Waals surface area contributed by atoms with Gasteiger partial charge in [-0.25, -0.2) is 4.98 Å². The molecule has 19 heavy (non-hydrogen) atoms. The largest absolute Gasteiger partial charge is 0.384 e. The molecule has 2 atom stereocenters. The van der Waals surface area contributed by atoms with Gasteiger partial charge in [-0.15, -0.1) is 0 Å². The number of nitrogens with two attached hydrogens (primary N) is 1. The van der Waals surface area contributed by atoms with Crippen molar-refractivity contribution in [1.82, 2.24) is 10.3 Å². The molecule has 104 valence electrons. The van der Waals surface area contributed by atoms with Crippen molar-refractivity contribution in [3.05, 3.63) is 23.4 Å². The summed E-state index contributed by atoms with van der Waals surface area (Å²) >= 11 is 1.84. The molecule has 1 aromatic heterocycles. The summed E-state index contributed by atoms with van der Waals surface area (Å²) in [7, 11) is 0. The summed E-state index contributed by atoms with van der Waals surface area (Å²) < 4.78 is 0. The maximum Gasteiger partial charge on any atom is 0.251 e. The first-order valence-corrected chi connectivity index (χ1v) is 8.03. The van der Waals surface area contributed by atoms with Crippen LogP contribution in [0.4, 0.5) is 5.82 Å². The van der Waals surface area contributed by atoms with Gasteiger partial charge in [0.05, 0.1) is 0 Å². The maximum absolute atomic E-state index is 12.3. The minimum Gasteiger partial charge on any atom is -0.384 e. The number of nitrogens with one attached hydrogen (secondary N) is 1. The highest BCUT2D eigenvalue weighted by Gasteiger charge is 2.28. The van der Waals surface area contributed by atoms with Crippen LogP contribution in [-0.4, -0.2) is 28.4 Å². The number of carbonyl (C=O) groups is 1. The molecule has 0 aliphatic heterocycles. The van der Waals surface area contributed by atoms with Gasteiger partial charge in [0.15, 0.2) is 0 Å². The minimum atomic E-state index is -0.0326. The number of pyridine rings is 1. The van der Waals surface area contributed by atoms with Crippen LogP contribution in [0.1, 0.15) is 42.2 Å². The summed E-state index contributed by atoms with van der Waals surface area (Å²) in [5.74, 6) is 0.382. The van der Waals surface area contributed by atoms with Gasteiger partial charge < -0.3 is 11.1 Å². The average molecular weight is 279 g/mol. The van der Waals surface area contributed by atoms with E-state index in [9.17, 15) is 4.79 Å². The molecule has 1 heterocycles. The van der Waals surface area contributed by atoms with Crippen LogP contribution in [-0.2, 0) is 6.42 Å². The number of amides is 1. The van der Waals surface area contributed by atoms with Crippen molar-refractivity contribution in [3.8, 4) is 0 Å². The number of carbonyl (C=O) groups excluding carboxylic acids is 1. The number of hydrogen-bond acceptors (Lipinski definition) is 4. The smallest absolute Gasteiger partial charge is 0.251 e. The van der Waals surface area contributed by atoms with E-state index in [4.69, 9.17) is 5.73 Å². The van der Waals surface area contributed by atoms with Gasteiger partial charge in [0, 0.05) is 22.5 Å². The van der Waals surface area contributed by atoms with E-state index in [2.05, 4.69) is 16.6 Å². The zero-order chi connectivity index (χ0) is 13.8. The molecule has 0 aromatic carbocycles. The summed E-state index contributed by atoms with van der Waals surface area (Å²) in [5, 5.41) is 3.67. The number of nitrogen functional groups attached to an aromatic ring is 1. The normalized spacial score (nSPS) is 22.4. The Morgan fingerprint density at radius 3 is 3.00 bits per heavy atom. The van der Waals surface area contributed by atoms with Gasteiger partial charge in [-0.05, 0) is 37.7 Å². The van der Waals surface area contributed by atoms with Gasteiger partial charge in [-0.2, -0.15) is 11.8 Å². The molecule has 1 saturated carbocycles.